The van der Waals surface area contributed by atoms with Gasteiger partial charge in [0.05, 0.1) is 11.2 Å². The first-order valence-corrected chi connectivity index (χ1v) is 9.29. The second-order valence-corrected chi connectivity index (χ2v) is 6.91. The molecule has 0 bridgehead atoms. The van der Waals surface area contributed by atoms with E-state index in [1.54, 1.807) is 0 Å². The van der Waals surface area contributed by atoms with E-state index in [1.807, 2.05) is 0 Å². The van der Waals surface area contributed by atoms with Crippen LogP contribution in [-0.4, -0.2) is 4.98 Å². The van der Waals surface area contributed by atoms with Crippen molar-refractivity contribution in [1.29, 1.82) is 0 Å². The average molecular weight is 345 g/mol. The van der Waals surface area contributed by atoms with Crippen LogP contribution in [0.4, 0.5) is 0 Å². The van der Waals surface area contributed by atoms with Gasteiger partial charge in [-0.1, -0.05) is 84.9 Å². The number of hydrogen-bond acceptors (Lipinski definition) is 1. The standard InChI is InChI=1S/C26H19N/c1-2-8-19(9-3-1)16-23-18-26(27-25-13-7-6-12-24(23)25)22-15-14-20-10-4-5-11-21(20)17-22/h1-15,17-18H,16H2. The minimum atomic E-state index is 0.907. The Kier molecular flexibility index (Phi) is 3.91. The van der Waals surface area contributed by atoms with Gasteiger partial charge in [0.1, 0.15) is 0 Å². The zero-order valence-electron chi connectivity index (χ0n) is 15.0. The minimum absolute atomic E-state index is 0.907. The lowest BCUT2D eigenvalue weighted by molar-refractivity contribution is 1.20. The third-order valence-corrected chi connectivity index (χ3v) is 5.08. The summed E-state index contributed by atoms with van der Waals surface area (Å²) in [4.78, 5) is 4.95. The molecule has 27 heavy (non-hydrogen) atoms. The fourth-order valence-electron chi connectivity index (χ4n) is 3.71. The summed E-state index contributed by atoms with van der Waals surface area (Å²) >= 11 is 0. The number of para-hydroxylation sites is 1. The van der Waals surface area contributed by atoms with Gasteiger partial charge in [0, 0.05) is 10.9 Å². The number of rotatable bonds is 3. The quantitative estimate of drug-likeness (QED) is 0.357. The molecule has 1 nitrogen and oxygen atoms in total. The normalized spacial score (nSPS) is 11.1. The Morgan fingerprint density at radius 1 is 0.593 bits per heavy atom. The molecule has 0 fully saturated rings. The molecule has 0 saturated carbocycles. The summed E-state index contributed by atoms with van der Waals surface area (Å²) in [6.07, 6.45) is 0.907. The molecule has 128 valence electrons. The van der Waals surface area contributed by atoms with Crippen molar-refractivity contribution in [3.8, 4) is 11.3 Å². The van der Waals surface area contributed by atoms with E-state index in [1.165, 1.54) is 27.3 Å². The monoisotopic (exact) mass is 345 g/mol. The van der Waals surface area contributed by atoms with Crippen LogP contribution >= 0.6 is 0 Å². The van der Waals surface area contributed by atoms with E-state index in [0.717, 1.165) is 23.2 Å². The van der Waals surface area contributed by atoms with Gasteiger partial charge in [0.25, 0.3) is 0 Å². The van der Waals surface area contributed by atoms with Crippen LogP contribution in [0.25, 0.3) is 32.9 Å². The smallest absolute Gasteiger partial charge is 0.0712 e. The average Bonchev–Trinajstić information content (AvgIpc) is 2.74. The summed E-state index contributed by atoms with van der Waals surface area (Å²) in [6, 6.07) is 36.4. The van der Waals surface area contributed by atoms with Crippen LogP contribution in [0.5, 0.6) is 0 Å². The number of hydrogen-bond donors (Lipinski definition) is 0. The summed E-state index contributed by atoms with van der Waals surface area (Å²) in [5.74, 6) is 0. The Bertz CT molecular complexity index is 1240. The Labute approximate surface area is 158 Å². The molecule has 1 heterocycles. The van der Waals surface area contributed by atoms with Crippen LogP contribution in [0.2, 0.25) is 0 Å². The summed E-state index contributed by atoms with van der Waals surface area (Å²) in [6.45, 7) is 0. The molecule has 5 rings (SSSR count). The van der Waals surface area contributed by atoms with Crippen LogP contribution < -0.4 is 0 Å². The second-order valence-electron chi connectivity index (χ2n) is 6.91. The maximum Gasteiger partial charge on any atom is 0.0712 e. The van der Waals surface area contributed by atoms with Gasteiger partial charge in [-0.05, 0) is 46.5 Å². The summed E-state index contributed by atoms with van der Waals surface area (Å²) < 4.78 is 0. The van der Waals surface area contributed by atoms with Gasteiger partial charge >= 0.3 is 0 Å². The highest BCUT2D eigenvalue weighted by Crippen LogP contribution is 2.28. The Morgan fingerprint density at radius 2 is 1.33 bits per heavy atom. The van der Waals surface area contributed by atoms with E-state index in [9.17, 15) is 0 Å². The van der Waals surface area contributed by atoms with Crippen molar-refractivity contribution in [1.82, 2.24) is 4.98 Å². The molecule has 0 saturated heterocycles. The summed E-state index contributed by atoms with van der Waals surface area (Å²) in [5.41, 5.74) is 5.88. The van der Waals surface area contributed by atoms with Crippen molar-refractivity contribution >= 4 is 21.7 Å². The molecule has 1 heteroatoms. The zero-order valence-corrected chi connectivity index (χ0v) is 15.0. The van der Waals surface area contributed by atoms with Gasteiger partial charge in [0.2, 0.25) is 0 Å². The first-order valence-electron chi connectivity index (χ1n) is 9.29. The topological polar surface area (TPSA) is 12.9 Å². The highest BCUT2D eigenvalue weighted by molar-refractivity contribution is 5.89. The molecule has 0 amide bonds. The number of benzene rings is 4. The number of nitrogens with zero attached hydrogens (tertiary/aromatic N) is 1. The maximum atomic E-state index is 4.95. The van der Waals surface area contributed by atoms with Gasteiger partial charge in [-0.2, -0.15) is 0 Å². The molecular weight excluding hydrogens is 326 g/mol. The van der Waals surface area contributed by atoms with E-state index in [-0.39, 0.29) is 0 Å². The van der Waals surface area contributed by atoms with Gasteiger partial charge in [-0.25, -0.2) is 4.98 Å². The lowest BCUT2D eigenvalue weighted by Crippen LogP contribution is -1.94. The molecule has 0 spiro atoms. The van der Waals surface area contributed by atoms with E-state index in [4.69, 9.17) is 4.98 Å². The van der Waals surface area contributed by atoms with Gasteiger partial charge in [-0.3, -0.25) is 0 Å². The summed E-state index contributed by atoms with van der Waals surface area (Å²) in [7, 11) is 0. The predicted molar refractivity (Wildman–Crippen MR) is 114 cm³/mol. The SMILES string of the molecule is c1ccc(Cc2cc(-c3ccc4ccccc4c3)nc3ccccc23)cc1. The first kappa shape index (κ1) is 15.8. The molecule has 0 N–H and O–H groups in total. The van der Waals surface area contributed by atoms with Crippen molar-refractivity contribution in [2.75, 3.05) is 0 Å². The lowest BCUT2D eigenvalue weighted by Gasteiger charge is -2.11. The van der Waals surface area contributed by atoms with E-state index < -0.39 is 0 Å². The van der Waals surface area contributed by atoms with Crippen LogP contribution in [0.15, 0.2) is 103 Å². The molecule has 1 aromatic heterocycles. The van der Waals surface area contributed by atoms with Crippen LogP contribution in [-0.2, 0) is 6.42 Å². The molecule has 0 aliphatic heterocycles. The molecule has 0 aliphatic rings. The second kappa shape index (κ2) is 6.69. The van der Waals surface area contributed by atoms with Crippen molar-refractivity contribution in [2.24, 2.45) is 0 Å². The lowest BCUT2D eigenvalue weighted by atomic mass is 9.97. The van der Waals surface area contributed by atoms with Gasteiger partial charge in [-0.15, -0.1) is 0 Å². The van der Waals surface area contributed by atoms with Crippen LogP contribution in [0.3, 0.4) is 0 Å². The van der Waals surface area contributed by atoms with E-state index >= 15 is 0 Å². The molecule has 4 aromatic carbocycles. The maximum absolute atomic E-state index is 4.95. The molecule has 0 unspecified atom stereocenters. The zero-order chi connectivity index (χ0) is 18.1. The number of fused-ring (bicyclic) bond motifs is 2. The van der Waals surface area contributed by atoms with Gasteiger partial charge in [0.15, 0.2) is 0 Å². The number of pyridine rings is 1. The molecule has 0 atom stereocenters. The van der Waals surface area contributed by atoms with Crippen LogP contribution in [0, 0.1) is 0 Å². The van der Waals surface area contributed by atoms with E-state index in [2.05, 4.69) is 103 Å². The molecular formula is C26H19N. The Morgan fingerprint density at radius 3 is 2.22 bits per heavy atom. The van der Waals surface area contributed by atoms with Crippen molar-refractivity contribution in [2.45, 2.75) is 6.42 Å². The molecule has 0 radical (unpaired) electrons. The highest BCUT2D eigenvalue weighted by atomic mass is 14.7. The Balaban J connectivity index is 1.68. The van der Waals surface area contributed by atoms with Crippen molar-refractivity contribution < 1.29 is 0 Å². The summed E-state index contributed by atoms with van der Waals surface area (Å²) in [5, 5.41) is 3.73. The largest absolute Gasteiger partial charge is 0.248 e. The first-order chi connectivity index (χ1) is 13.4. The van der Waals surface area contributed by atoms with Crippen LogP contribution in [0.1, 0.15) is 11.1 Å². The fraction of sp³-hybridized carbons (Fsp3) is 0.0385. The van der Waals surface area contributed by atoms with E-state index in [0.29, 0.717) is 0 Å². The fourth-order valence-corrected chi connectivity index (χ4v) is 3.71. The predicted octanol–water partition coefficient (Wildman–Crippen LogP) is 6.65. The Hall–Kier alpha value is -3.45. The third-order valence-electron chi connectivity index (χ3n) is 5.08. The molecule has 5 aromatic rings. The molecule has 0 aliphatic carbocycles. The van der Waals surface area contributed by atoms with Crippen molar-refractivity contribution in [3.05, 3.63) is 114 Å². The third kappa shape index (κ3) is 3.09. The van der Waals surface area contributed by atoms with Crippen molar-refractivity contribution in [3.63, 3.8) is 0 Å². The minimum Gasteiger partial charge on any atom is -0.248 e. The highest BCUT2D eigenvalue weighted by Gasteiger charge is 2.09. The number of aromatic nitrogens is 1. The van der Waals surface area contributed by atoms with Gasteiger partial charge < -0.3 is 0 Å².